The number of carboxylic acid groups (broad SMARTS) is 2. The highest BCUT2D eigenvalue weighted by molar-refractivity contribution is 5.74. The second-order valence-electron chi connectivity index (χ2n) is 4.16. The van der Waals surface area contributed by atoms with Gasteiger partial charge in [0.25, 0.3) is 5.56 Å². The van der Waals surface area contributed by atoms with Crippen LogP contribution in [0.25, 0.3) is 11.2 Å². The number of carbonyl (C=O) groups is 2. The van der Waals surface area contributed by atoms with Crippen molar-refractivity contribution >= 4 is 29.1 Å². The highest BCUT2D eigenvalue weighted by atomic mass is 16.4. The standard InChI is InChI=1S/C6H6N6O.C5H9NO4/c7-12-6-10-4-3(5(13)11-6)8-1-2-9-4;6-3(5(9)10)1-2-4(7)8/h1-2H,7H2,(H2,9,10,11,12,13);3H,1-2,6H2,(H,7,8)(H,9,10)/t;3-/m.0/s1. The number of hydrogen-bond acceptors (Lipinski definition) is 9. The maximum Gasteiger partial charge on any atom is 0.320 e. The molecule has 2 rings (SSSR count). The van der Waals surface area contributed by atoms with E-state index >= 15 is 0 Å². The summed E-state index contributed by atoms with van der Waals surface area (Å²) in [5, 5.41) is 16.3. The molecule has 0 saturated carbocycles. The third kappa shape index (κ3) is 5.64. The number of H-pyrrole nitrogens is 1. The van der Waals surface area contributed by atoms with Crippen LogP contribution in [0.2, 0.25) is 0 Å². The van der Waals surface area contributed by atoms with Gasteiger partial charge >= 0.3 is 11.9 Å². The highest BCUT2D eigenvalue weighted by Crippen LogP contribution is 1.99. The van der Waals surface area contributed by atoms with Crippen LogP contribution in [0.1, 0.15) is 12.8 Å². The smallest absolute Gasteiger partial charge is 0.320 e. The first-order chi connectivity index (χ1) is 10.8. The fraction of sp³-hybridized carbons (Fsp3) is 0.273. The van der Waals surface area contributed by atoms with Crippen LogP contribution in [0, 0.1) is 0 Å². The maximum absolute atomic E-state index is 11.3. The molecular formula is C11H15N7O5. The van der Waals surface area contributed by atoms with E-state index in [9.17, 15) is 14.4 Å². The van der Waals surface area contributed by atoms with Crippen LogP contribution in [0.4, 0.5) is 5.95 Å². The van der Waals surface area contributed by atoms with Crippen molar-refractivity contribution < 1.29 is 19.8 Å². The van der Waals surface area contributed by atoms with Crippen LogP contribution < -0.4 is 22.6 Å². The van der Waals surface area contributed by atoms with Crippen LogP contribution in [0.5, 0.6) is 0 Å². The fourth-order valence-corrected chi connectivity index (χ4v) is 1.34. The summed E-state index contributed by atoms with van der Waals surface area (Å²) in [7, 11) is 0. The van der Waals surface area contributed by atoms with E-state index in [2.05, 4.69) is 25.4 Å². The molecule has 1 atom stereocenters. The molecule has 2 aromatic rings. The average Bonchev–Trinajstić information content (AvgIpc) is 2.52. The van der Waals surface area contributed by atoms with E-state index in [0.717, 1.165) is 0 Å². The molecule has 0 amide bonds. The van der Waals surface area contributed by atoms with Gasteiger partial charge in [-0.1, -0.05) is 0 Å². The minimum Gasteiger partial charge on any atom is -0.481 e. The summed E-state index contributed by atoms with van der Waals surface area (Å²) in [5.41, 5.74) is 7.32. The predicted octanol–water partition coefficient (Wildman–Crippen LogP) is -1.74. The van der Waals surface area contributed by atoms with Gasteiger partial charge in [0.15, 0.2) is 11.2 Å². The normalized spacial score (nSPS) is 11.2. The number of hydrogen-bond donors (Lipinski definition) is 6. The first kappa shape index (κ1) is 17.9. The molecule has 0 bridgehead atoms. The van der Waals surface area contributed by atoms with Crippen molar-refractivity contribution in [2.75, 3.05) is 5.43 Å². The zero-order valence-electron chi connectivity index (χ0n) is 11.8. The predicted molar refractivity (Wildman–Crippen MR) is 78.2 cm³/mol. The van der Waals surface area contributed by atoms with Gasteiger partial charge in [-0.25, -0.2) is 15.8 Å². The molecule has 0 radical (unpaired) electrons. The summed E-state index contributed by atoms with van der Waals surface area (Å²) in [6.45, 7) is 0. The highest BCUT2D eigenvalue weighted by Gasteiger charge is 2.12. The molecule has 0 saturated heterocycles. The number of aromatic amines is 1. The van der Waals surface area contributed by atoms with Gasteiger partial charge in [0, 0.05) is 18.8 Å². The monoisotopic (exact) mass is 325 g/mol. The lowest BCUT2D eigenvalue weighted by atomic mass is 10.2. The Labute approximate surface area is 128 Å². The number of aromatic nitrogens is 4. The number of rotatable bonds is 5. The molecule has 0 aromatic carbocycles. The van der Waals surface area contributed by atoms with Crippen molar-refractivity contribution in [1.29, 1.82) is 0 Å². The van der Waals surface area contributed by atoms with Gasteiger partial charge in [-0.3, -0.25) is 24.8 Å². The van der Waals surface area contributed by atoms with E-state index in [1.165, 1.54) is 12.4 Å². The number of nitrogen functional groups attached to an aromatic ring is 1. The van der Waals surface area contributed by atoms with Crippen molar-refractivity contribution in [2.24, 2.45) is 11.6 Å². The number of anilines is 1. The molecule has 12 nitrogen and oxygen atoms in total. The molecule has 0 fully saturated rings. The van der Waals surface area contributed by atoms with E-state index in [1.54, 1.807) is 0 Å². The summed E-state index contributed by atoms with van der Waals surface area (Å²) in [6, 6.07) is -1.06. The van der Waals surface area contributed by atoms with Crippen LogP contribution in [0.3, 0.4) is 0 Å². The van der Waals surface area contributed by atoms with E-state index in [0.29, 0.717) is 0 Å². The Kier molecular flexibility index (Phi) is 6.51. The summed E-state index contributed by atoms with van der Waals surface area (Å²) in [5.74, 6) is 3.05. The number of nitrogens with zero attached hydrogens (tertiary/aromatic N) is 3. The third-order valence-corrected chi connectivity index (χ3v) is 2.47. The Balaban J connectivity index is 0.000000241. The Morgan fingerprint density at radius 2 is 1.96 bits per heavy atom. The van der Waals surface area contributed by atoms with Crippen LogP contribution in [-0.4, -0.2) is 48.1 Å². The van der Waals surface area contributed by atoms with E-state index in [4.69, 9.17) is 21.8 Å². The number of aliphatic carboxylic acids is 2. The SMILES string of the molecule is NNc1nc2nccnc2c(=O)[nH]1.N[C@@H](CCC(=O)O)C(=O)O. The summed E-state index contributed by atoms with van der Waals surface area (Å²) in [4.78, 5) is 45.1. The zero-order chi connectivity index (χ0) is 17.4. The summed E-state index contributed by atoms with van der Waals surface area (Å²) in [6.07, 6.45) is 2.65. The first-order valence-corrected chi connectivity index (χ1v) is 6.23. The van der Waals surface area contributed by atoms with Gasteiger partial charge in [0.05, 0.1) is 0 Å². The van der Waals surface area contributed by atoms with Gasteiger partial charge in [0.2, 0.25) is 5.95 Å². The molecule has 0 aliphatic rings. The van der Waals surface area contributed by atoms with Crippen molar-refractivity contribution in [3.8, 4) is 0 Å². The molecular weight excluding hydrogens is 310 g/mol. The Morgan fingerprint density at radius 3 is 2.52 bits per heavy atom. The molecule has 23 heavy (non-hydrogen) atoms. The third-order valence-electron chi connectivity index (χ3n) is 2.47. The van der Waals surface area contributed by atoms with Gasteiger partial charge < -0.3 is 15.9 Å². The molecule has 2 heterocycles. The van der Waals surface area contributed by atoms with Gasteiger partial charge in [-0.05, 0) is 6.42 Å². The quantitative estimate of drug-likeness (QED) is 0.268. The Hall–Kier alpha value is -3.12. The Morgan fingerprint density at radius 1 is 1.30 bits per heavy atom. The van der Waals surface area contributed by atoms with E-state index < -0.39 is 18.0 Å². The summed E-state index contributed by atoms with van der Waals surface area (Å²) < 4.78 is 0. The van der Waals surface area contributed by atoms with Crippen molar-refractivity contribution in [1.82, 2.24) is 19.9 Å². The van der Waals surface area contributed by atoms with Crippen molar-refractivity contribution in [2.45, 2.75) is 18.9 Å². The molecule has 12 heteroatoms. The number of carboxylic acids is 2. The number of hydrazine groups is 1. The molecule has 8 N–H and O–H groups in total. The fourth-order valence-electron chi connectivity index (χ4n) is 1.34. The lowest BCUT2D eigenvalue weighted by Gasteiger charge is -2.01. The van der Waals surface area contributed by atoms with Crippen molar-refractivity contribution in [3.05, 3.63) is 22.7 Å². The van der Waals surface area contributed by atoms with E-state index in [1.807, 2.05) is 0 Å². The molecule has 0 unspecified atom stereocenters. The van der Waals surface area contributed by atoms with Crippen LogP contribution in [0.15, 0.2) is 17.2 Å². The van der Waals surface area contributed by atoms with Crippen LogP contribution >= 0.6 is 0 Å². The second kappa shape index (κ2) is 8.35. The minimum atomic E-state index is -1.17. The van der Waals surface area contributed by atoms with Gasteiger partial charge in [-0.2, -0.15) is 4.98 Å². The molecule has 0 aliphatic carbocycles. The lowest BCUT2D eigenvalue weighted by molar-refractivity contribution is -0.139. The zero-order valence-corrected chi connectivity index (χ0v) is 11.8. The maximum atomic E-state index is 11.3. The van der Waals surface area contributed by atoms with E-state index in [-0.39, 0.29) is 35.5 Å². The van der Waals surface area contributed by atoms with Crippen molar-refractivity contribution in [3.63, 3.8) is 0 Å². The molecule has 2 aromatic heterocycles. The average molecular weight is 325 g/mol. The number of nitrogens with two attached hydrogens (primary N) is 2. The molecule has 124 valence electrons. The second-order valence-corrected chi connectivity index (χ2v) is 4.16. The summed E-state index contributed by atoms with van der Waals surface area (Å²) >= 11 is 0. The Bertz CT molecular complexity index is 747. The first-order valence-electron chi connectivity index (χ1n) is 6.23. The number of nitrogens with one attached hydrogen (secondary N) is 2. The van der Waals surface area contributed by atoms with Gasteiger partial charge in [0.1, 0.15) is 6.04 Å². The topological polar surface area (TPSA) is 210 Å². The molecule has 0 aliphatic heterocycles. The number of fused-ring (bicyclic) bond motifs is 1. The van der Waals surface area contributed by atoms with Crippen LogP contribution in [-0.2, 0) is 9.59 Å². The largest absolute Gasteiger partial charge is 0.481 e. The molecule has 0 spiro atoms. The lowest BCUT2D eigenvalue weighted by Crippen LogP contribution is -2.30. The van der Waals surface area contributed by atoms with Gasteiger partial charge in [-0.15, -0.1) is 0 Å². The minimum absolute atomic E-state index is 0.0231.